The van der Waals surface area contributed by atoms with Crippen LogP contribution >= 0.6 is 0 Å². The average Bonchev–Trinajstić information content (AvgIpc) is 2.38. The van der Waals surface area contributed by atoms with Gasteiger partial charge in [0.05, 0.1) is 11.9 Å². The van der Waals surface area contributed by atoms with E-state index in [0.29, 0.717) is 5.69 Å². The molecule has 2 rings (SSSR count). The Morgan fingerprint density at radius 2 is 2.05 bits per heavy atom. The first-order chi connectivity index (χ1) is 9.29. The van der Waals surface area contributed by atoms with Gasteiger partial charge in [-0.05, 0) is 19.1 Å². The number of hydrogen-bond donors (Lipinski definition) is 1. The summed E-state index contributed by atoms with van der Waals surface area (Å²) in [4.78, 5) is 20.9. The highest BCUT2D eigenvalue weighted by molar-refractivity contribution is 5.81. The van der Waals surface area contributed by atoms with Gasteiger partial charge in [-0.2, -0.15) is 0 Å². The van der Waals surface area contributed by atoms with E-state index < -0.39 is 0 Å². The van der Waals surface area contributed by atoms with Gasteiger partial charge in [-0.25, -0.2) is 4.98 Å². The fourth-order valence-corrected chi connectivity index (χ4v) is 2.52. The van der Waals surface area contributed by atoms with Crippen molar-refractivity contribution in [3.63, 3.8) is 0 Å². The van der Waals surface area contributed by atoms with Crippen molar-refractivity contribution in [1.82, 2.24) is 9.88 Å². The summed E-state index contributed by atoms with van der Waals surface area (Å²) in [6.45, 7) is 10.3. The van der Waals surface area contributed by atoms with Gasteiger partial charge in [-0.3, -0.25) is 4.79 Å². The maximum Gasteiger partial charge on any atom is 0.228 e. The van der Waals surface area contributed by atoms with Crippen molar-refractivity contribution in [3.05, 3.63) is 18.3 Å². The third kappa shape index (κ3) is 3.03. The van der Waals surface area contributed by atoms with Gasteiger partial charge in [0.2, 0.25) is 5.91 Å². The Morgan fingerprint density at radius 3 is 2.55 bits per heavy atom. The van der Waals surface area contributed by atoms with Crippen LogP contribution in [0, 0.1) is 5.41 Å². The molecule has 20 heavy (non-hydrogen) atoms. The quantitative estimate of drug-likeness (QED) is 0.849. The monoisotopic (exact) mass is 276 g/mol. The van der Waals surface area contributed by atoms with E-state index >= 15 is 0 Å². The third-order valence-electron chi connectivity index (χ3n) is 3.62. The Kier molecular flexibility index (Phi) is 3.88. The number of nitrogen functional groups attached to an aromatic ring is 1. The highest BCUT2D eigenvalue weighted by atomic mass is 16.2. The van der Waals surface area contributed by atoms with E-state index in [-0.39, 0.29) is 17.4 Å². The number of rotatable bonds is 1. The molecule has 1 fully saturated rings. The number of aromatic nitrogens is 1. The number of nitrogens with two attached hydrogens (primary N) is 1. The average molecular weight is 276 g/mol. The van der Waals surface area contributed by atoms with Gasteiger partial charge in [0.1, 0.15) is 5.82 Å². The summed E-state index contributed by atoms with van der Waals surface area (Å²) in [5.74, 6) is 1.14. The molecule has 5 nitrogen and oxygen atoms in total. The lowest BCUT2D eigenvalue weighted by atomic mass is 9.94. The van der Waals surface area contributed by atoms with Crippen molar-refractivity contribution in [2.75, 3.05) is 30.3 Å². The van der Waals surface area contributed by atoms with Crippen LogP contribution in [0.5, 0.6) is 0 Å². The number of pyridine rings is 1. The second kappa shape index (κ2) is 5.31. The summed E-state index contributed by atoms with van der Waals surface area (Å²) < 4.78 is 0. The van der Waals surface area contributed by atoms with E-state index in [0.717, 1.165) is 25.5 Å². The molecule has 0 spiro atoms. The minimum atomic E-state index is -0.318. The molecule has 0 saturated carbocycles. The summed E-state index contributed by atoms with van der Waals surface area (Å²) in [5, 5.41) is 0. The molecule has 110 valence electrons. The predicted octanol–water partition coefficient (Wildman–Crippen LogP) is 1.75. The van der Waals surface area contributed by atoms with Crippen LogP contribution < -0.4 is 10.6 Å². The zero-order valence-corrected chi connectivity index (χ0v) is 12.8. The number of carbonyl (C=O) groups excluding carboxylic acids is 1. The zero-order chi connectivity index (χ0) is 14.9. The first-order valence-corrected chi connectivity index (χ1v) is 7.06. The number of carbonyl (C=O) groups is 1. The topological polar surface area (TPSA) is 62.5 Å². The Bertz CT molecular complexity index is 478. The minimum Gasteiger partial charge on any atom is -0.397 e. The Morgan fingerprint density at radius 1 is 1.35 bits per heavy atom. The number of hydrogen-bond acceptors (Lipinski definition) is 4. The summed E-state index contributed by atoms with van der Waals surface area (Å²) in [6.07, 6.45) is 1.68. The highest BCUT2D eigenvalue weighted by Crippen LogP contribution is 2.23. The molecule has 1 atom stereocenters. The van der Waals surface area contributed by atoms with Crippen molar-refractivity contribution in [1.29, 1.82) is 0 Å². The van der Waals surface area contributed by atoms with Crippen LogP contribution in [-0.4, -0.2) is 41.5 Å². The molecule has 2 heterocycles. The Balaban J connectivity index is 2.06. The number of amides is 1. The second-order valence-corrected chi connectivity index (χ2v) is 6.49. The van der Waals surface area contributed by atoms with Gasteiger partial charge in [-0.1, -0.05) is 20.8 Å². The van der Waals surface area contributed by atoms with E-state index in [1.807, 2.05) is 37.8 Å². The molecule has 1 unspecified atom stereocenters. The maximum atomic E-state index is 12.3. The predicted molar refractivity (Wildman–Crippen MR) is 81.5 cm³/mol. The number of piperazine rings is 1. The van der Waals surface area contributed by atoms with Crippen LogP contribution in [0.4, 0.5) is 11.5 Å². The van der Waals surface area contributed by atoms with Crippen LogP contribution in [0.3, 0.4) is 0 Å². The molecular weight excluding hydrogens is 252 g/mol. The molecule has 0 bridgehead atoms. The van der Waals surface area contributed by atoms with E-state index in [9.17, 15) is 4.79 Å². The van der Waals surface area contributed by atoms with E-state index in [2.05, 4.69) is 16.8 Å². The minimum absolute atomic E-state index is 0.217. The highest BCUT2D eigenvalue weighted by Gasteiger charge is 2.32. The summed E-state index contributed by atoms with van der Waals surface area (Å²) in [7, 11) is 0. The SMILES string of the molecule is CC1CN(C(=O)C(C)(C)C)CCN1c1ccc(N)cn1. The van der Waals surface area contributed by atoms with Crippen molar-refractivity contribution in [2.45, 2.75) is 33.7 Å². The summed E-state index contributed by atoms with van der Waals surface area (Å²) >= 11 is 0. The molecule has 1 aliphatic heterocycles. The van der Waals surface area contributed by atoms with Crippen molar-refractivity contribution in [3.8, 4) is 0 Å². The molecule has 2 N–H and O–H groups in total. The molecular formula is C15H24N4O. The fourth-order valence-electron chi connectivity index (χ4n) is 2.52. The lowest BCUT2D eigenvalue weighted by Gasteiger charge is -2.42. The van der Waals surface area contributed by atoms with Gasteiger partial charge in [0.15, 0.2) is 0 Å². The molecule has 1 saturated heterocycles. The normalized spacial score (nSPS) is 20.1. The summed E-state index contributed by atoms with van der Waals surface area (Å²) in [5.41, 5.74) is 6.02. The van der Waals surface area contributed by atoms with Gasteiger partial charge >= 0.3 is 0 Å². The van der Waals surface area contributed by atoms with Crippen LogP contribution in [0.15, 0.2) is 18.3 Å². The number of anilines is 2. The van der Waals surface area contributed by atoms with Gasteiger partial charge < -0.3 is 15.5 Å². The smallest absolute Gasteiger partial charge is 0.228 e. The van der Waals surface area contributed by atoms with Gasteiger partial charge in [-0.15, -0.1) is 0 Å². The van der Waals surface area contributed by atoms with Crippen LogP contribution in [0.25, 0.3) is 0 Å². The first-order valence-electron chi connectivity index (χ1n) is 7.06. The second-order valence-electron chi connectivity index (χ2n) is 6.49. The molecule has 1 aliphatic rings. The molecule has 1 aromatic rings. The maximum absolute atomic E-state index is 12.3. The van der Waals surface area contributed by atoms with E-state index in [1.165, 1.54) is 0 Å². The molecule has 5 heteroatoms. The lowest BCUT2D eigenvalue weighted by Crippen LogP contribution is -2.56. The van der Waals surface area contributed by atoms with Crippen molar-refractivity contribution < 1.29 is 4.79 Å². The third-order valence-corrected chi connectivity index (χ3v) is 3.62. The van der Waals surface area contributed by atoms with Gasteiger partial charge in [0, 0.05) is 31.1 Å². The van der Waals surface area contributed by atoms with Crippen molar-refractivity contribution >= 4 is 17.4 Å². The Hall–Kier alpha value is -1.78. The van der Waals surface area contributed by atoms with E-state index in [1.54, 1.807) is 6.20 Å². The molecule has 0 aromatic carbocycles. The van der Waals surface area contributed by atoms with Crippen molar-refractivity contribution in [2.24, 2.45) is 5.41 Å². The molecule has 0 radical (unpaired) electrons. The van der Waals surface area contributed by atoms with Crippen LogP contribution in [0.2, 0.25) is 0 Å². The van der Waals surface area contributed by atoms with Crippen LogP contribution in [-0.2, 0) is 4.79 Å². The summed E-state index contributed by atoms with van der Waals surface area (Å²) in [6, 6.07) is 4.06. The standard InChI is InChI=1S/C15H24N4O/c1-11-10-18(14(20)15(2,3)4)7-8-19(11)13-6-5-12(16)9-17-13/h5-6,9,11H,7-8,10,16H2,1-4H3. The zero-order valence-electron chi connectivity index (χ0n) is 12.8. The largest absolute Gasteiger partial charge is 0.397 e. The number of nitrogens with zero attached hydrogens (tertiary/aromatic N) is 3. The first kappa shape index (κ1) is 14.6. The lowest BCUT2D eigenvalue weighted by molar-refractivity contribution is -0.140. The molecule has 1 aromatic heterocycles. The molecule has 0 aliphatic carbocycles. The Labute approximate surface area is 120 Å². The van der Waals surface area contributed by atoms with Gasteiger partial charge in [0.25, 0.3) is 0 Å². The van der Waals surface area contributed by atoms with Crippen LogP contribution in [0.1, 0.15) is 27.7 Å². The van der Waals surface area contributed by atoms with E-state index in [4.69, 9.17) is 5.73 Å². The molecule has 1 amide bonds. The fraction of sp³-hybridized carbons (Fsp3) is 0.600.